The van der Waals surface area contributed by atoms with Gasteiger partial charge in [-0.05, 0) is 19.9 Å². The molecule has 0 unspecified atom stereocenters. The van der Waals surface area contributed by atoms with Gasteiger partial charge in [0.2, 0.25) is 5.95 Å². The van der Waals surface area contributed by atoms with Gasteiger partial charge in [-0.2, -0.15) is 4.39 Å². The molecule has 1 N–H and O–H groups in total. The van der Waals surface area contributed by atoms with E-state index in [0.717, 1.165) is 0 Å². The van der Waals surface area contributed by atoms with Gasteiger partial charge < -0.3 is 9.88 Å². The molecule has 0 fully saturated rings. The van der Waals surface area contributed by atoms with Gasteiger partial charge in [-0.3, -0.25) is 4.79 Å². The van der Waals surface area contributed by atoms with E-state index in [1.165, 1.54) is 16.8 Å². The van der Waals surface area contributed by atoms with Gasteiger partial charge in [-0.25, -0.2) is 0 Å². The lowest BCUT2D eigenvalue weighted by Gasteiger charge is -2.06. The van der Waals surface area contributed by atoms with Crippen LogP contribution in [0.25, 0.3) is 0 Å². The Labute approximate surface area is 76.6 Å². The largest absolute Gasteiger partial charge is 0.350 e. The van der Waals surface area contributed by atoms with Crippen LogP contribution in [0.3, 0.4) is 0 Å². The molecule has 1 aromatic heterocycles. The topological polar surface area (TPSA) is 34.0 Å². The Hall–Kier alpha value is -1.32. The maximum atomic E-state index is 13.2. The fourth-order valence-electron chi connectivity index (χ4n) is 1.02. The minimum atomic E-state index is -0.502. The summed E-state index contributed by atoms with van der Waals surface area (Å²) in [6, 6.07) is 1.49. The molecule has 0 bridgehead atoms. The van der Waals surface area contributed by atoms with Crippen LogP contribution < -0.4 is 5.32 Å². The maximum absolute atomic E-state index is 13.2. The molecule has 0 spiro atoms. The molecular formula is C9H13FN2O. The van der Waals surface area contributed by atoms with Crippen LogP contribution in [0.15, 0.2) is 12.3 Å². The Morgan fingerprint density at radius 3 is 2.62 bits per heavy atom. The third kappa shape index (κ3) is 2.08. The molecule has 0 saturated heterocycles. The summed E-state index contributed by atoms with van der Waals surface area (Å²) >= 11 is 0. The lowest BCUT2D eigenvalue weighted by molar-refractivity contribution is 0.0938. The Morgan fingerprint density at radius 2 is 2.23 bits per heavy atom. The van der Waals surface area contributed by atoms with Crippen molar-refractivity contribution in [1.29, 1.82) is 0 Å². The second-order valence-electron chi connectivity index (χ2n) is 3.26. The van der Waals surface area contributed by atoms with Crippen LogP contribution in [0.5, 0.6) is 0 Å². The highest BCUT2D eigenvalue weighted by Crippen LogP contribution is 2.07. The number of nitrogens with zero attached hydrogens (tertiary/aromatic N) is 1. The number of rotatable bonds is 2. The van der Waals surface area contributed by atoms with Crippen molar-refractivity contribution in [2.45, 2.75) is 19.9 Å². The highest BCUT2D eigenvalue weighted by atomic mass is 19.1. The quantitative estimate of drug-likeness (QED) is 0.738. The zero-order valence-corrected chi connectivity index (χ0v) is 7.97. The van der Waals surface area contributed by atoms with E-state index in [-0.39, 0.29) is 17.5 Å². The normalized spacial score (nSPS) is 10.5. The molecule has 1 amide bonds. The van der Waals surface area contributed by atoms with Gasteiger partial charge in [0.15, 0.2) is 0 Å². The van der Waals surface area contributed by atoms with Crippen molar-refractivity contribution >= 4 is 5.91 Å². The van der Waals surface area contributed by atoms with Crippen LogP contribution in [0.4, 0.5) is 4.39 Å². The molecule has 0 atom stereocenters. The van der Waals surface area contributed by atoms with Crippen molar-refractivity contribution in [2.24, 2.45) is 7.05 Å². The summed E-state index contributed by atoms with van der Waals surface area (Å²) in [7, 11) is 1.56. The van der Waals surface area contributed by atoms with Gasteiger partial charge >= 0.3 is 0 Å². The molecule has 13 heavy (non-hydrogen) atoms. The molecule has 0 radical (unpaired) electrons. The Balaban J connectivity index is 2.83. The van der Waals surface area contributed by atoms with Crippen molar-refractivity contribution in [3.63, 3.8) is 0 Å². The van der Waals surface area contributed by atoms with Crippen LogP contribution in [0.2, 0.25) is 0 Å². The van der Waals surface area contributed by atoms with Crippen LogP contribution in [-0.4, -0.2) is 16.5 Å². The molecule has 4 heteroatoms. The van der Waals surface area contributed by atoms with Gasteiger partial charge in [0.05, 0.1) is 5.56 Å². The molecule has 0 aliphatic carbocycles. The molecule has 0 aliphatic heterocycles. The average Bonchev–Trinajstić information content (AvgIpc) is 2.31. The van der Waals surface area contributed by atoms with Gasteiger partial charge in [-0.15, -0.1) is 0 Å². The predicted molar refractivity (Wildman–Crippen MR) is 48.0 cm³/mol. The summed E-state index contributed by atoms with van der Waals surface area (Å²) in [6.07, 6.45) is 1.52. The lowest BCUT2D eigenvalue weighted by atomic mass is 10.3. The molecule has 72 valence electrons. The van der Waals surface area contributed by atoms with Crippen molar-refractivity contribution in [3.8, 4) is 0 Å². The van der Waals surface area contributed by atoms with Crippen LogP contribution in [0, 0.1) is 5.95 Å². The zero-order valence-electron chi connectivity index (χ0n) is 7.97. The Bertz CT molecular complexity index is 317. The molecule has 3 nitrogen and oxygen atoms in total. The second kappa shape index (κ2) is 3.60. The number of hydrogen-bond acceptors (Lipinski definition) is 1. The zero-order chi connectivity index (χ0) is 10.0. The van der Waals surface area contributed by atoms with Crippen molar-refractivity contribution in [2.75, 3.05) is 0 Å². The minimum Gasteiger partial charge on any atom is -0.350 e. The highest BCUT2D eigenvalue weighted by Gasteiger charge is 2.14. The number of halogens is 1. The molecule has 1 heterocycles. The third-order valence-corrected chi connectivity index (χ3v) is 1.66. The van der Waals surface area contributed by atoms with E-state index in [1.807, 2.05) is 13.8 Å². The first-order valence-electron chi connectivity index (χ1n) is 4.14. The summed E-state index contributed by atoms with van der Waals surface area (Å²) in [5.41, 5.74) is 0.0937. The molecule has 0 aliphatic rings. The number of aryl methyl sites for hydroxylation is 1. The van der Waals surface area contributed by atoms with E-state index in [4.69, 9.17) is 0 Å². The predicted octanol–water partition coefficient (Wildman–Crippen LogP) is 1.30. The molecule has 1 aromatic rings. The second-order valence-corrected chi connectivity index (χ2v) is 3.26. The van der Waals surface area contributed by atoms with Crippen LogP contribution in [0.1, 0.15) is 24.2 Å². The Morgan fingerprint density at radius 1 is 1.62 bits per heavy atom. The van der Waals surface area contributed by atoms with E-state index in [2.05, 4.69) is 5.32 Å². The molecular weight excluding hydrogens is 171 g/mol. The van der Waals surface area contributed by atoms with Gasteiger partial charge in [0.25, 0.3) is 5.91 Å². The smallest absolute Gasteiger partial charge is 0.256 e. The first-order chi connectivity index (χ1) is 6.02. The van der Waals surface area contributed by atoms with Crippen LogP contribution in [-0.2, 0) is 7.05 Å². The van der Waals surface area contributed by atoms with E-state index in [1.54, 1.807) is 7.05 Å². The summed E-state index contributed by atoms with van der Waals surface area (Å²) in [5, 5.41) is 2.62. The summed E-state index contributed by atoms with van der Waals surface area (Å²) in [4.78, 5) is 11.3. The number of carbonyl (C=O) groups excluding carboxylic acids is 1. The van der Waals surface area contributed by atoms with Gasteiger partial charge in [-0.1, -0.05) is 0 Å². The van der Waals surface area contributed by atoms with Gasteiger partial charge in [0.1, 0.15) is 0 Å². The summed E-state index contributed by atoms with van der Waals surface area (Å²) in [6.45, 7) is 3.66. The number of hydrogen-bond donors (Lipinski definition) is 1. The monoisotopic (exact) mass is 184 g/mol. The van der Waals surface area contributed by atoms with Gasteiger partial charge in [0, 0.05) is 19.3 Å². The number of aromatic nitrogens is 1. The standard InChI is InChI=1S/C9H13FN2O/c1-6(2)11-9(13)7-4-5-12(3)8(7)10/h4-6H,1-3H3,(H,11,13). The summed E-state index contributed by atoms with van der Waals surface area (Å²) < 4.78 is 14.4. The van der Waals surface area contributed by atoms with Crippen LogP contribution >= 0.6 is 0 Å². The van der Waals surface area contributed by atoms with Crippen molar-refractivity contribution in [3.05, 3.63) is 23.8 Å². The summed E-state index contributed by atoms with van der Waals surface area (Å²) in [5.74, 6) is -0.869. The third-order valence-electron chi connectivity index (χ3n) is 1.66. The lowest BCUT2D eigenvalue weighted by Crippen LogP contribution is -2.30. The molecule has 0 saturated carbocycles. The first-order valence-corrected chi connectivity index (χ1v) is 4.14. The fraction of sp³-hybridized carbons (Fsp3) is 0.444. The minimum absolute atomic E-state index is 0.0205. The molecule has 1 rings (SSSR count). The van der Waals surface area contributed by atoms with E-state index in [0.29, 0.717) is 0 Å². The number of amides is 1. The van der Waals surface area contributed by atoms with E-state index >= 15 is 0 Å². The fourth-order valence-corrected chi connectivity index (χ4v) is 1.02. The SMILES string of the molecule is CC(C)NC(=O)c1ccn(C)c1F. The van der Waals surface area contributed by atoms with E-state index in [9.17, 15) is 9.18 Å². The van der Waals surface area contributed by atoms with Crippen molar-refractivity contribution in [1.82, 2.24) is 9.88 Å². The maximum Gasteiger partial charge on any atom is 0.256 e. The van der Waals surface area contributed by atoms with Crippen molar-refractivity contribution < 1.29 is 9.18 Å². The number of carbonyl (C=O) groups is 1. The first kappa shape index (κ1) is 9.77. The van der Waals surface area contributed by atoms with E-state index < -0.39 is 5.95 Å². The Kier molecular flexibility index (Phi) is 2.70. The number of nitrogens with one attached hydrogen (secondary N) is 1. The average molecular weight is 184 g/mol. The highest BCUT2D eigenvalue weighted by molar-refractivity contribution is 5.94. The molecule has 0 aromatic carbocycles.